The van der Waals surface area contributed by atoms with Crippen molar-refractivity contribution < 1.29 is 27.4 Å². The summed E-state index contributed by atoms with van der Waals surface area (Å²) < 4.78 is 47.2. The van der Waals surface area contributed by atoms with Crippen LogP contribution in [0.2, 0.25) is 0 Å². The summed E-state index contributed by atoms with van der Waals surface area (Å²) in [6.07, 6.45) is -4.56. The number of carbonyl (C=O) groups excluding carboxylic acids is 1. The average Bonchev–Trinajstić information content (AvgIpc) is 2.35. The van der Waals surface area contributed by atoms with Gasteiger partial charge in [0, 0.05) is 11.6 Å². The molecule has 0 aliphatic rings. The fourth-order valence-corrected chi connectivity index (χ4v) is 1.35. The van der Waals surface area contributed by atoms with Gasteiger partial charge in [-0.15, -0.1) is 0 Å². The quantitative estimate of drug-likeness (QED) is 0.782. The molecule has 0 bridgehead atoms. The molecule has 18 heavy (non-hydrogen) atoms. The molecule has 1 aromatic rings. The van der Waals surface area contributed by atoms with Crippen molar-refractivity contribution in [1.29, 1.82) is 0 Å². The van der Waals surface area contributed by atoms with Crippen LogP contribution < -0.4 is 9.47 Å². The number of methoxy groups -OCH3 is 2. The Morgan fingerprint density at radius 1 is 1.11 bits per heavy atom. The first-order valence-corrected chi connectivity index (χ1v) is 5.13. The molecule has 6 heteroatoms. The van der Waals surface area contributed by atoms with Gasteiger partial charge in [0.1, 0.15) is 17.4 Å². The minimum Gasteiger partial charge on any atom is -0.497 e. The molecule has 0 amide bonds. The van der Waals surface area contributed by atoms with Gasteiger partial charge >= 0.3 is 6.18 Å². The minimum atomic E-state index is -4.56. The third-order valence-corrected chi connectivity index (χ3v) is 2.52. The van der Waals surface area contributed by atoms with Gasteiger partial charge in [-0.1, -0.05) is 0 Å². The highest BCUT2D eigenvalue weighted by molar-refractivity contribution is 5.98. The Kier molecular flexibility index (Phi) is 4.21. The summed E-state index contributed by atoms with van der Waals surface area (Å²) in [5, 5.41) is 0. The number of ketones is 1. The monoisotopic (exact) mass is 262 g/mol. The van der Waals surface area contributed by atoms with Crippen LogP contribution in [-0.2, 0) is 0 Å². The molecular formula is C12H13F3O3. The van der Waals surface area contributed by atoms with Crippen LogP contribution in [0.4, 0.5) is 13.2 Å². The van der Waals surface area contributed by atoms with Crippen LogP contribution in [0.3, 0.4) is 0 Å². The summed E-state index contributed by atoms with van der Waals surface area (Å²) in [6.45, 7) is 0.828. The maximum absolute atomic E-state index is 12.5. The van der Waals surface area contributed by atoms with E-state index in [1.165, 1.54) is 32.4 Å². The largest absolute Gasteiger partial charge is 0.497 e. The summed E-state index contributed by atoms with van der Waals surface area (Å²) in [7, 11) is 2.71. The zero-order valence-electron chi connectivity index (χ0n) is 10.2. The van der Waals surface area contributed by atoms with Crippen molar-refractivity contribution in [1.82, 2.24) is 0 Å². The van der Waals surface area contributed by atoms with E-state index in [2.05, 4.69) is 0 Å². The van der Waals surface area contributed by atoms with Crippen LogP contribution in [0.5, 0.6) is 11.5 Å². The van der Waals surface area contributed by atoms with Gasteiger partial charge in [-0.05, 0) is 19.1 Å². The molecule has 0 saturated heterocycles. The number of benzene rings is 1. The number of alkyl halides is 3. The zero-order valence-corrected chi connectivity index (χ0v) is 10.2. The molecule has 0 aliphatic carbocycles. The van der Waals surface area contributed by atoms with Crippen molar-refractivity contribution >= 4 is 5.78 Å². The average molecular weight is 262 g/mol. The van der Waals surface area contributed by atoms with Crippen molar-refractivity contribution in [3.05, 3.63) is 23.8 Å². The van der Waals surface area contributed by atoms with E-state index < -0.39 is 17.9 Å². The highest BCUT2D eigenvalue weighted by atomic mass is 19.4. The molecule has 0 fully saturated rings. The Labute approximate surface area is 103 Å². The standard InChI is InChI=1S/C12H13F3O3/c1-7(12(13,14)15)11(16)8-4-9(17-2)6-10(5-8)18-3/h4-7H,1-3H3. The lowest BCUT2D eigenvalue weighted by Crippen LogP contribution is -2.28. The Morgan fingerprint density at radius 2 is 1.56 bits per heavy atom. The van der Waals surface area contributed by atoms with Crippen molar-refractivity contribution in [2.45, 2.75) is 13.1 Å². The predicted octanol–water partition coefficient (Wildman–Crippen LogP) is 3.08. The van der Waals surface area contributed by atoms with Crippen molar-refractivity contribution in [3.8, 4) is 11.5 Å². The zero-order chi connectivity index (χ0) is 13.9. The second kappa shape index (κ2) is 5.29. The normalized spacial score (nSPS) is 13.0. The maximum atomic E-state index is 12.5. The molecular weight excluding hydrogens is 249 g/mol. The molecule has 0 radical (unpaired) electrons. The summed E-state index contributed by atoms with van der Waals surface area (Å²) in [5.41, 5.74) is -0.0870. The second-order valence-corrected chi connectivity index (χ2v) is 3.73. The first-order valence-electron chi connectivity index (χ1n) is 5.13. The highest BCUT2D eigenvalue weighted by Crippen LogP contribution is 2.31. The smallest absolute Gasteiger partial charge is 0.398 e. The van der Waals surface area contributed by atoms with Gasteiger partial charge in [-0.25, -0.2) is 0 Å². The maximum Gasteiger partial charge on any atom is 0.398 e. The number of Topliss-reactive ketones (excluding diaryl/α,β-unsaturated/α-hetero) is 1. The Balaban J connectivity index is 3.12. The number of rotatable bonds is 4. The van der Waals surface area contributed by atoms with Gasteiger partial charge in [0.2, 0.25) is 0 Å². The molecule has 1 rings (SSSR count). The highest BCUT2D eigenvalue weighted by Gasteiger charge is 2.41. The third-order valence-electron chi connectivity index (χ3n) is 2.52. The lowest BCUT2D eigenvalue weighted by atomic mass is 9.98. The third kappa shape index (κ3) is 3.15. The van der Waals surface area contributed by atoms with Crippen LogP contribution in [0.15, 0.2) is 18.2 Å². The Bertz CT molecular complexity index is 418. The number of carbonyl (C=O) groups is 1. The van der Waals surface area contributed by atoms with E-state index >= 15 is 0 Å². The molecule has 1 unspecified atom stereocenters. The molecule has 0 aliphatic heterocycles. The molecule has 0 heterocycles. The summed E-state index contributed by atoms with van der Waals surface area (Å²) in [6, 6.07) is 4.00. The molecule has 1 atom stereocenters. The lowest BCUT2D eigenvalue weighted by Gasteiger charge is -2.15. The molecule has 0 spiro atoms. The molecule has 100 valence electrons. The van der Waals surface area contributed by atoms with Gasteiger partial charge in [0.25, 0.3) is 0 Å². The number of hydrogen-bond acceptors (Lipinski definition) is 3. The van der Waals surface area contributed by atoms with Gasteiger partial charge in [0.05, 0.1) is 14.2 Å². The van der Waals surface area contributed by atoms with E-state index in [1.807, 2.05) is 0 Å². The van der Waals surface area contributed by atoms with Gasteiger partial charge in [-0.2, -0.15) is 13.2 Å². The Hall–Kier alpha value is -1.72. The van der Waals surface area contributed by atoms with E-state index in [0.29, 0.717) is 0 Å². The minimum absolute atomic E-state index is 0.0870. The van der Waals surface area contributed by atoms with E-state index in [9.17, 15) is 18.0 Å². The lowest BCUT2D eigenvalue weighted by molar-refractivity contribution is -0.155. The summed E-state index contributed by atoms with van der Waals surface area (Å²) in [5.74, 6) is -2.53. The summed E-state index contributed by atoms with van der Waals surface area (Å²) >= 11 is 0. The molecule has 1 aromatic carbocycles. The van der Waals surface area contributed by atoms with E-state index in [0.717, 1.165) is 6.92 Å². The van der Waals surface area contributed by atoms with Gasteiger partial charge < -0.3 is 9.47 Å². The number of halogens is 3. The SMILES string of the molecule is COc1cc(OC)cc(C(=O)C(C)C(F)(F)F)c1. The van der Waals surface area contributed by atoms with E-state index in [1.54, 1.807) is 0 Å². The second-order valence-electron chi connectivity index (χ2n) is 3.73. The van der Waals surface area contributed by atoms with Crippen molar-refractivity contribution in [2.24, 2.45) is 5.92 Å². The molecule has 3 nitrogen and oxygen atoms in total. The van der Waals surface area contributed by atoms with Crippen molar-refractivity contribution in [3.63, 3.8) is 0 Å². The van der Waals surface area contributed by atoms with E-state index in [4.69, 9.17) is 9.47 Å². The topological polar surface area (TPSA) is 35.5 Å². The molecule has 0 aromatic heterocycles. The van der Waals surface area contributed by atoms with Gasteiger partial charge in [-0.3, -0.25) is 4.79 Å². The fourth-order valence-electron chi connectivity index (χ4n) is 1.35. The van der Waals surface area contributed by atoms with E-state index in [-0.39, 0.29) is 17.1 Å². The molecule has 0 saturated carbocycles. The van der Waals surface area contributed by atoms with Gasteiger partial charge in [0.15, 0.2) is 5.78 Å². The van der Waals surface area contributed by atoms with Crippen LogP contribution >= 0.6 is 0 Å². The first-order chi connectivity index (χ1) is 8.29. The van der Waals surface area contributed by atoms with Crippen LogP contribution in [0, 0.1) is 5.92 Å². The first kappa shape index (κ1) is 14.3. The van der Waals surface area contributed by atoms with Crippen LogP contribution in [0.1, 0.15) is 17.3 Å². The number of hydrogen-bond donors (Lipinski definition) is 0. The predicted molar refractivity (Wildman–Crippen MR) is 59.1 cm³/mol. The van der Waals surface area contributed by atoms with Crippen LogP contribution in [0.25, 0.3) is 0 Å². The number of ether oxygens (including phenoxy) is 2. The summed E-state index contributed by atoms with van der Waals surface area (Å²) in [4.78, 5) is 11.7. The van der Waals surface area contributed by atoms with Crippen LogP contribution in [-0.4, -0.2) is 26.2 Å². The van der Waals surface area contributed by atoms with Crippen molar-refractivity contribution in [2.75, 3.05) is 14.2 Å². The fraction of sp³-hybridized carbons (Fsp3) is 0.417. The molecule has 0 N–H and O–H groups in total. The Morgan fingerprint density at radius 3 is 1.89 bits per heavy atom.